The number of rotatable bonds is 4. The van der Waals surface area contributed by atoms with E-state index >= 15 is 0 Å². The standard InChI is InChI=1S/C13H20O3Si/c1-13(2,12(14)15)10-7-6-8-11(9-10)16-17(3,4)5/h6-9H,1-5H3,(H,14,15). The van der Waals surface area contributed by atoms with Crippen molar-refractivity contribution in [1.82, 2.24) is 0 Å². The van der Waals surface area contributed by atoms with E-state index in [0.717, 1.165) is 11.3 Å². The van der Waals surface area contributed by atoms with Crippen molar-refractivity contribution in [3.63, 3.8) is 0 Å². The van der Waals surface area contributed by atoms with Gasteiger partial charge in [-0.15, -0.1) is 0 Å². The van der Waals surface area contributed by atoms with Crippen LogP contribution in [-0.4, -0.2) is 19.4 Å². The van der Waals surface area contributed by atoms with Gasteiger partial charge in [-0.25, -0.2) is 0 Å². The van der Waals surface area contributed by atoms with E-state index in [1.165, 1.54) is 0 Å². The van der Waals surface area contributed by atoms with Gasteiger partial charge >= 0.3 is 5.97 Å². The van der Waals surface area contributed by atoms with Gasteiger partial charge in [-0.2, -0.15) is 0 Å². The Balaban J connectivity index is 3.06. The maximum Gasteiger partial charge on any atom is 0.313 e. The first-order valence-corrected chi connectivity index (χ1v) is 9.07. The monoisotopic (exact) mass is 252 g/mol. The molecule has 0 unspecified atom stereocenters. The van der Waals surface area contributed by atoms with Gasteiger partial charge in [0, 0.05) is 0 Å². The molecule has 0 spiro atoms. The van der Waals surface area contributed by atoms with Crippen LogP contribution in [0.4, 0.5) is 0 Å². The minimum atomic E-state index is -1.65. The molecule has 0 saturated heterocycles. The fourth-order valence-electron chi connectivity index (χ4n) is 1.43. The van der Waals surface area contributed by atoms with Crippen LogP contribution in [-0.2, 0) is 10.2 Å². The minimum absolute atomic E-state index is 0.760. The third-order valence-electron chi connectivity index (χ3n) is 2.51. The van der Waals surface area contributed by atoms with Crippen LogP contribution >= 0.6 is 0 Å². The lowest BCUT2D eigenvalue weighted by Gasteiger charge is -2.23. The SMILES string of the molecule is CC(C)(C(=O)O)c1cccc(O[Si](C)(C)C)c1. The number of carboxylic acids is 1. The Morgan fingerprint density at radius 3 is 2.35 bits per heavy atom. The highest BCUT2D eigenvalue weighted by molar-refractivity contribution is 6.70. The molecule has 1 aromatic rings. The Kier molecular flexibility index (Phi) is 3.67. The Morgan fingerprint density at radius 1 is 1.29 bits per heavy atom. The van der Waals surface area contributed by atoms with Crippen molar-refractivity contribution < 1.29 is 14.3 Å². The highest BCUT2D eigenvalue weighted by Gasteiger charge is 2.30. The fourth-order valence-corrected chi connectivity index (χ4v) is 2.26. The van der Waals surface area contributed by atoms with E-state index in [4.69, 9.17) is 4.43 Å². The maximum absolute atomic E-state index is 11.2. The molecule has 0 radical (unpaired) electrons. The van der Waals surface area contributed by atoms with Gasteiger partial charge in [0.25, 0.3) is 0 Å². The maximum atomic E-state index is 11.2. The average Bonchev–Trinajstić information content (AvgIpc) is 2.15. The molecular weight excluding hydrogens is 232 g/mol. The molecule has 94 valence electrons. The van der Waals surface area contributed by atoms with Crippen LogP contribution < -0.4 is 4.43 Å². The molecule has 0 atom stereocenters. The van der Waals surface area contributed by atoms with E-state index in [1.54, 1.807) is 13.8 Å². The van der Waals surface area contributed by atoms with Crippen LogP contribution in [0.2, 0.25) is 19.6 Å². The molecule has 1 aromatic carbocycles. The number of hydrogen-bond donors (Lipinski definition) is 1. The molecule has 0 bridgehead atoms. The van der Waals surface area contributed by atoms with E-state index in [9.17, 15) is 9.90 Å². The summed E-state index contributed by atoms with van der Waals surface area (Å²) in [5.41, 5.74) is -0.125. The van der Waals surface area contributed by atoms with Crippen molar-refractivity contribution in [2.45, 2.75) is 38.9 Å². The van der Waals surface area contributed by atoms with E-state index < -0.39 is 19.7 Å². The highest BCUT2D eigenvalue weighted by atomic mass is 28.4. The van der Waals surface area contributed by atoms with Gasteiger partial charge in [-0.05, 0) is 51.2 Å². The first-order chi connectivity index (χ1) is 7.63. The third-order valence-corrected chi connectivity index (χ3v) is 3.36. The molecule has 0 fully saturated rings. The lowest BCUT2D eigenvalue weighted by atomic mass is 9.85. The van der Waals surface area contributed by atoms with Crippen LogP contribution in [0.15, 0.2) is 24.3 Å². The zero-order valence-electron chi connectivity index (χ0n) is 11.1. The van der Waals surface area contributed by atoms with E-state index in [-0.39, 0.29) is 0 Å². The van der Waals surface area contributed by atoms with Crippen molar-refractivity contribution in [3.8, 4) is 5.75 Å². The first-order valence-electron chi connectivity index (χ1n) is 5.66. The molecule has 1 rings (SSSR count). The Labute approximate surface area is 104 Å². The molecule has 0 aliphatic carbocycles. The molecule has 0 aromatic heterocycles. The second-order valence-electron chi connectivity index (χ2n) is 5.67. The van der Waals surface area contributed by atoms with Gasteiger partial charge in [0.1, 0.15) is 5.75 Å². The molecule has 0 aliphatic rings. The summed E-state index contributed by atoms with van der Waals surface area (Å²) in [6, 6.07) is 7.37. The smallest absolute Gasteiger partial charge is 0.313 e. The summed E-state index contributed by atoms with van der Waals surface area (Å²) in [5.74, 6) is -0.0707. The van der Waals surface area contributed by atoms with E-state index in [1.807, 2.05) is 24.3 Å². The van der Waals surface area contributed by atoms with Gasteiger partial charge in [0.2, 0.25) is 8.32 Å². The number of aliphatic carboxylic acids is 1. The van der Waals surface area contributed by atoms with Crippen molar-refractivity contribution in [2.24, 2.45) is 0 Å². The topological polar surface area (TPSA) is 46.5 Å². The van der Waals surface area contributed by atoms with Gasteiger partial charge in [-0.3, -0.25) is 4.79 Å². The highest BCUT2D eigenvalue weighted by Crippen LogP contribution is 2.27. The summed E-state index contributed by atoms with van der Waals surface area (Å²) >= 11 is 0. The summed E-state index contributed by atoms with van der Waals surface area (Å²) in [7, 11) is -1.65. The van der Waals surface area contributed by atoms with Crippen LogP contribution in [0.3, 0.4) is 0 Å². The number of hydrogen-bond acceptors (Lipinski definition) is 2. The molecule has 0 amide bonds. The van der Waals surface area contributed by atoms with Crippen molar-refractivity contribution in [1.29, 1.82) is 0 Å². The van der Waals surface area contributed by atoms with Gasteiger partial charge < -0.3 is 9.53 Å². The molecule has 0 saturated carbocycles. The first kappa shape index (κ1) is 13.8. The zero-order chi connectivity index (χ0) is 13.3. The van der Waals surface area contributed by atoms with E-state index in [0.29, 0.717) is 0 Å². The van der Waals surface area contributed by atoms with Crippen LogP contribution in [0.25, 0.3) is 0 Å². The molecule has 0 aliphatic heterocycles. The fraction of sp³-hybridized carbons (Fsp3) is 0.462. The Bertz CT molecular complexity index is 419. The molecule has 3 nitrogen and oxygen atoms in total. The largest absolute Gasteiger partial charge is 0.544 e. The van der Waals surface area contributed by atoms with Crippen LogP contribution in [0.1, 0.15) is 19.4 Å². The second kappa shape index (κ2) is 4.53. The Hall–Kier alpha value is -1.29. The quantitative estimate of drug-likeness (QED) is 0.837. The molecular formula is C13H20O3Si. The number of carbonyl (C=O) groups is 1. The second-order valence-corrected chi connectivity index (χ2v) is 10.1. The van der Waals surface area contributed by atoms with Gasteiger partial charge in [0.15, 0.2) is 0 Å². The molecule has 4 heteroatoms. The summed E-state index contributed by atoms with van der Waals surface area (Å²) < 4.78 is 5.86. The lowest BCUT2D eigenvalue weighted by Crippen LogP contribution is -2.30. The van der Waals surface area contributed by atoms with Crippen molar-refractivity contribution in [3.05, 3.63) is 29.8 Å². The zero-order valence-corrected chi connectivity index (χ0v) is 12.1. The summed E-state index contributed by atoms with van der Waals surface area (Å²) in [6.07, 6.45) is 0. The molecule has 1 N–H and O–H groups in total. The van der Waals surface area contributed by atoms with Gasteiger partial charge in [0.05, 0.1) is 5.41 Å². The lowest BCUT2D eigenvalue weighted by molar-refractivity contribution is -0.142. The van der Waals surface area contributed by atoms with E-state index in [2.05, 4.69) is 19.6 Å². The number of carboxylic acid groups (broad SMARTS) is 1. The number of benzene rings is 1. The summed E-state index contributed by atoms with van der Waals surface area (Å²) in [4.78, 5) is 11.2. The van der Waals surface area contributed by atoms with Crippen LogP contribution in [0, 0.1) is 0 Å². The normalized spacial score (nSPS) is 12.3. The third kappa shape index (κ3) is 3.59. The van der Waals surface area contributed by atoms with Crippen molar-refractivity contribution in [2.75, 3.05) is 0 Å². The Morgan fingerprint density at radius 2 is 1.88 bits per heavy atom. The minimum Gasteiger partial charge on any atom is -0.544 e. The average molecular weight is 252 g/mol. The van der Waals surface area contributed by atoms with Gasteiger partial charge in [-0.1, -0.05) is 12.1 Å². The summed E-state index contributed by atoms with van der Waals surface area (Å²) in [5, 5.41) is 9.19. The predicted octanol–water partition coefficient (Wildman–Crippen LogP) is 3.26. The summed E-state index contributed by atoms with van der Waals surface area (Å²) in [6.45, 7) is 9.69. The molecule has 17 heavy (non-hydrogen) atoms. The van der Waals surface area contributed by atoms with Crippen molar-refractivity contribution >= 4 is 14.3 Å². The predicted molar refractivity (Wildman–Crippen MR) is 71.1 cm³/mol. The van der Waals surface area contributed by atoms with Crippen LogP contribution in [0.5, 0.6) is 5.75 Å². The molecule has 0 heterocycles.